The van der Waals surface area contributed by atoms with Crippen LogP contribution in [0.4, 0.5) is 13.2 Å². The third kappa shape index (κ3) is 1.99. The molecule has 0 saturated carbocycles. The van der Waals surface area contributed by atoms with Crippen LogP contribution in [0.25, 0.3) is 10.2 Å². The van der Waals surface area contributed by atoms with E-state index < -0.39 is 20.8 Å². The van der Waals surface area contributed by atoms with Crippen molar-refractivity contribution in [2.24, 2.45) is 0 Å². The van der Waals surface area contributed by atoms with E-state index in [1.54, 1.807) is 12.1 Å². The van der Waals surface area contributed by atoms with Crippen LogP contribution in [0.3, 0.4) is 0 Å². The van der Waals surface area contributed by atoms with Gasteiger partial charge < -0.3 is 0 Å². The van der Waals surface area contributed by atoms with Crippen molar-refractivity contribution in [2.45, 2.75) is 10.3 Å². The average molecular weight is 287 g/mol. The van der Waals surface area contributed by atoms with Crippen molar-refractivity contribution < 1.29 is 13.2 Å². The van der Waals surface area contributed by atoms with Crippen LogP contribution in [0.1, 0.15) is 9.84 Å². The molecule has 0 aliphatic rings. The van der Waals surface area contributed by atoms with Crippen molar-refractivity contribution >= 4 is 43.9 Å². The normalized spacial score (nSPS) is 13.8. The largest absolute Gasteiger partial charge is 0.602 e. The molecule has 0 spiro atoms. The highest BCUT2D eigenvalue weighted by atomic mass is 35.5. The van der Waals surface area contributed by atoms with Gasteiger partial charge in [-0.05, 0) is 6.07 Å². The summed E-state index contributed by atoms with van der Waals surface area (Å²) in [6, 6.07) is 6.09. The molecule has 1 heterocycles. The maximum Gasteiger partial charge on any atom is 0.602 e. The highest BCUT2D eigenvalue weighted by Gasteiger charge is 2.50. The molecule has 1 aromatic heterocycles. The number of alkyl halides is 5. The maximum atomic E-state index is 12.9. The minimum atomic E-state index is -4.40. The molecule has 0 bridgehead atoms. The zero-order valence-electron chi connectivity index (χ0n) is 7.63. The molecule has 0 radical (unpaired) electrons. The van der Waals surface area contributed by atoms with Crippen LogP contribution < -0.4 is 0 Å². The summed E-state index contributed by atoms with van der Waals surface area (Å²) in [4.78, 5) is 2.61. The highest BCUT2D eigenvalue weighted by Crippen LogP contribution is 2.52. The zero-order chi connectivity index (χ0) is 11.9. The van der Waals surface area contributed by atoms with E-state index in [0.29, 0.717) is 5.52 Å². The summed E-state index contributed by atoms with van der Waals surface area (Å²) < 4.78 is 38.7. The number of halogens is 5. The van der Waals surface area contributed by atoms with Gasteiger partial charge in [0.15, 0.2) is 4.84 Å². The second-order valence-corrected chi connectivity index (χ2v) is 6.00. The molecule has 0 saturated heterocycles. The van der Waals surface area contributed by atoms with E-state index in [-0.39, 0.29) is 9.71 Å². The Morgan fingerprint density at radius 2 is 1.81 bits per heavy atom. The summed E-state index contributed by atoms with van der Waals surface area (Å²) in [5.41, 5.74) is -4.10. The fraction of sp³-hybridized carbons (Fsp3) is 0.222. The predicted molar refractivity (Wildman–Crippen MR) is 60.0 cm³/mol. The number of hydrogen-bond acceptors (Lipinski definition) is 1. The Balaban J connectivity index is 2.80. The van der Waals surface area contributed by atoms with Crippen LogP contribution in [-0.4, -0.2) is 4.98 Å². The maximum absolute atomic E-state index is 12.9. The second-order valence-electron chi connectivity index (χ2n) is 2.97. The first kappa shape index (κ1) is 12.0. The number of aromatic nitrogens is 1. The van der Waals surface area contributed by atoms with E-state index >= 15 is 0 Å². The average Bonchev–Trinajstić information content (AvgIpc) is 2.55. The molecule has 1 unspecified atom stereocenters. The Labute approximate surface area is 102 Å². The topological polar surface area (TPSA) is 12.9 Å². The van der Waals surface area contributed by atoms with E-state index in [2.05, 4.69) is 4.98 Å². The quantitative estimate of drug-likeness (QED) is 0.535. The van der Waals surface area contributed by atoms with E-state index in [4.69, 9.17) is 23.2 Å². The molecule has 0 amide bonds. The van der Waals surface area contributed by atoms with Crippen molar-refractivity contribution in [3.05, 3.63) is 29.3 Å². The van der Waals surface area contributed by atoms with Crippen LogP contribution in [0, 0.1) is 0 Å². The van der Waals surface area contributed by atoms with Gasteiger partial charge in [-0.25, -0.2) is 0 Å². The van der Waals surface area contributed by atoms with Crippen molar-refractivity contribution in [3.8, 4) is 0 Å². The summed E-state index contributed by atoms with van der Waals surface area (Å²) in [7, 11) is -2.10. The minimum absolute atomic E-state index is 0.135. The lowest BCUT2D eigenvalue weighted by molar-refractivity contribution is -0.0867. The first-order chi connectivity index (χ1) is 7.41. The monoisotopic (exact) mass is 286 g/mol. The van der Waals surface area contributed by atoms with Gasteiger partial charge in [0.2, 0.25) is 4.70 Å². The van der Waals surface area contributed by atoms with Gasteiger partial charge in [0, 0.05) is 6.07 Å². The number of rotatable bonds is 1. The van der Waals surface area contributed by atoms with Crippen LogP contribution in [0.15, 0.2) is 24.3 Å². The Kier molecular flexibility index (Phi) is 3.03. The summed E-state index contributed by atoms with van der Waals surface area (Å²) in [5.74, 6) is 0. The van der Waals surface area contributed by atoms with Gasteiger partial charge in [-0.15, -0.1) is 13.2 Å². The van der Waals surface area contributed by atoms with Crippen molar-refractivity contribution in [2.75, 3.05) is 0 Å². The standard InChI is InChI=1S/C9H5Cl2F3NS/c10-7(11)8-15-5-3-1-2-4-6(5)16(8)9(12,13)14/h1-4,7H/q+1. The van der Waals surface area contributed by atoms with Crippen LogP contribution >= 0.6 is 33.7 Å². The first-order valence-electron chi connectivity index (χ1n) is 4.18. The van der Waals surface area contributed by atoms with Crippen LogP contribution in [0.5, 0.6) is 0 Å². The van der Waals surface area contributed by atoms with Gasteiger partial charge in [-0.2, -0.15) is 4.98 Å². The summed E-state index contributed by atoms with van der Waals surface area (Å²) in [6.45, 7) is 0. The molecule has 7 heteroatoms. The lowest BCUT2D eigenvalue weighted by Crippen LogP contribution is -1.98. The highest BCUT2D eigenvalue weighted by molar-refractivity contribution is 7.38. The molecule has 2 rings (SSSR count). The number of fused-ring (bicyclic) bond motifs is 1. The van der Waals surface area contributed by atoms with Gasteiger partial charge >= 0.3 is 5.51 Å². The molecule has 86 valence electrons. The smallest absolute Gasteiger partial charge is 0.194 e. The Morgan fingerprint density at radius 1 is 1.19 bits per heavy atom. The lowest BCUT2D eigenvalue weighted by Gasteiger charge is -1.98. The Bertz CT molecular complexity index is 521. The van der Waals surface area contributed by atoms with Crippen molar-refractivity contribution in [3.63, 3.8) is 0 Å². The summed E-state index contributed by atoms with van der Waals surface area (Å²) in [5, 5.41) is -0.225. The molecule has 16 heavy (non-hydrogen) atoms. The van der Waals surface area contributed by atoms with E-state index in [9.17, 15) is 13.2 Å². The predicted octanol–water partition coefficient (Wildman–Crippen LogP) is 4.94. The minimum Gasteiger partial charge on any atom is -0.194 e. The second kappa shape index (κ2) is 4.05. The number of benzene rings is 1. The first-order valence-corrected chi connectivity index (χ1v) is 6.28. The molecule has 1 nitrogen and oxygen atoms in total. The molecule has 0 aliphatic heterocycles. The Morgan fingerprint density at radius 3 is 2.38 bits per heavy atom. The fourth-order valence-corrected chi connectivity index (χ4v) is 3.63. The zero-order valence-corrected chi connectivity index (χ0v) is 9.96. The summed E-state index contributed by atoms with van der Waals surface area (Å²) >= 11 is 11.0. The lowest BCUT2D eigenvalue weighted by atomic mass is 10.3. The molecular weight excluding hydrogens is 282 g/mol. The van der Waals surface area contributed by atoms with Crippen molar-refractivity contribution in [1.82, 2.24) is 4.98 Å². The summed E-state index contributed by atoms with van der Waals surface area (Å²) in [6.07, 6.45) is 0. The number of hydrogen-bond donors (Lipinski definition) is 0. The van der Waals surface area contributed by atoms with E-state index in [1.165, 1.54) is 12.1 Å². The van der Waals surface area contributed by atoms with Crippen molar-refractivity contribution in [1.29, 1.82) is 0 Å². The van der Waals surface area contributed by atoms with Gasteiger partial charge in [0.05, 0.1) is 0 Å². The van der Waals surface area contributed by atoms with Gasteiger partial charge in [0.1, 0.15) is 16.0 Å². The molecular formula is C9H5Cl2F3NS+. The fourth-order valence-electron chi connectivity index (χ4n) is 1.38. The Hall–Kier alpha value is -0.520. The number of para-hydroxylation sites is 1. The molecule has 0 N–H and O–H groups in total. The molecule has 1 aromatic carbocycles. The van der Waals surface area contributed by atoms with Crippen LogP contribution in [-0.2, 0) is 5.51 Å². The van der Waals surface area contributed by atoms with Gasteiger partial charge in [-0.1, -0.05) is 35.3 Å². The SMILES string of the molecule is FC(F)(F)[s+]1c(C(Cl)Cl)nc2ccccc21. The van der Waals surface area contributed by atoms with Crippen LogP contribution in [0.2, 0.25) is 0 Å². The van der Waals surface area contributed by atoms with E-state index in [0.717, 1.165) is 0 Å². The third-order valence-corrected chi connectivity index (χ3v) is 4.61. The third-order valence-electron chi connectivity index (χ3n) is 1.94. The molecule has 0 aliphatic carbocycles. The number of thiazole rings is 1. The molecule has 0 fully saturated rings. The number of nitrogens with zero attached hydrogens (tertiary/aromatic N) is 1. The molecule has 2 aromatic rings. The van der Waals surface area contributed by atoms with Gasteiger partial charge in [-0.3, -0.25) is 0 Å². The van der Waals surface area contributed by atoms with Gasteiger partial charge in [0.25, 0.3) is 5.01 Å². The molecule has 1 atom stereocenters. The van der Waals surface area contributed by atoms with E-state index in [1.807, 2.05) is 0 Å².